The van der Waals surface area contributed by atoms with Gasteiger partial charge in [0.05, 0.1) is 5.56 Å². The van der Waals surface area contributed by atoms with Crippen molar-refractivity contribution in [2.24, 2.45) is 0 Å². The molecule has 0 bridgehead atoms. The summed E-state index contributed by atoms with van der Waals surface area (Å²) in [6.07, 6.45) is -3.80. The van der Waals surface area contributed by atoms with Gasteiger partial charge in [-0.15, -0.1) is 0 Å². The van der Waals surface area contributed by atoms with Crippen LogP contribution in [-0.2, 0) is 17.4 Å². The van der Waals surface area contributed by atoms with Crippen molar-refractivity contribution in [1.82, 2.24) is 0 Å². The maximum atomic E-state index is 12.5. The molecule has 0 radical (unpaired) electrons. The number of benzene rings is 1. The van der Waals surface area contributed by atoms with E-state index in [4.69, 9.17) is 5.73 Å². The summed E-state index contributed by atoms with van der Waals surface area (Å²) in [7, 11) is 0. The summed E-state index contributed by atoms with van der Waals surface area (Å²) in [5.74, 6) is -0.273. The fourth-order valence-corrected chi connectivity index (χ4v) is 1.69. The van der Waals surface area contributed by atoms with Crippen LogP contribution in [0.1, 0.15) is 17.5 Å². The predicted molar refractivity (Wildman–Crippen MR) is 52.8 cm³/mol. The van der Waals surface area contributed by atoms with Crippen LogP contribution in [0.3, 0.4) is 0 Å². The molecule has 1 aromatic rings. The number of carbonyl (C=O) groups excluding carboxylic acids is 1. The Labute approximate surface area is 89.4 Å². The molecular formula is C10H9F3N2O. The van der Waals surface area contributed by atoms with Crippen LogP contribution < -0.4 is 11.1 Å². The molecule has 0 atom stereocenters. The maximum Gasteiger partial charge on any atom is 0.418 e. The number of alkyl halides is 3. The summed E-state index contributed by atoms with van der Waals surface area (Å²) in [5, 5.41) is 2.41. The van der Waals surface area contributed by atoms with Crippen LogP contribution in [-0.4, -0.2) is 5.91 Å². The van der Waals surface area contributed by atoms with Crippen molar-refractivity contribution in [2.45, 2.75) is 19.0 Å². The van der Waals surface area contributed by atoms with E-state index in [1.54, 1.807) is 0 Å². The van der Waals surface area contributed by atoms with Gasteiger partial charge in [-0.2, -0.15) is 13.2 Å². The van der Waals surface area contributed by atoms with Gasteiger partial charge in [0.2, 0.25) is 5.91 Å². The Morgan fingerprint density at radius 3 is 2.56 bits per heavy atom. The molecule has 1 aliphatic heterocycles. The van der Waals surface area contributed by atoms with Crippen molar-refractivity contribution in [1.29, 1.82) is 0 Å². The normalized spacial score (nSPS) is 15.6. The summed E-state index contributed by atoms with van der Waals surface area (Å²) in [4.78, 5) is 11.0. The second kappa shape index (κ2) is 3.40. The van der Waals surface area contributed by atoms with Gasteiger partial charge in [-0.05, 0) is 24.1 Å². The molecule has 0 unspecified atom stereocenters. The first-order valence-electron chi connectivity index (χ1n) is 4.67. The van der Waals surface area contributed by atoms with Crippen molar-refractivity contribution >= 4 is 17.3 Å². The Bertz CT molecular complexity index is 454. The second-order valence-corrected chi connectivity index (χ2v) is 3.64. The SMILES string of the molecule is Nc1cc2c(cc1C(F)(F)F)NC(=O)CC2. The lowest BCUT2D eigenvalue weighted by molar-refractivity contribution is -0.137. The van der Waals surface area contributed by atoms with E-state index in [0.717, 1.165) is 6.07 Å². The van der Waals surface area contributed by atoms with E-state index in [0.29, 0.717) is 12.0 Å². The highest BCUT2D eigenvalue weighted by molar-refractivity contribution is 5.94. The van der Waals surface area contributed by atoms with Gasteiger partial charge in [-0.3, -0.25) is 4.79 Å². The number of carbonyl (C=O) groups is 1. The molecular weight excluding hydrogens is 221 g/mol. The van der Waals surface area contributed by atoms with Gasteiger partial charge >= 0.3 is 6.18 Å². The molecule has 0 aliphatic carbocycles. The summed E-state index contributed by atoms with van der Waals surface area (Å²) in [5.41, 5.74) is 4.97. The van der Waals surface area contributed by atoms with E-state index < -0.39 is 11.7 Å². The third-order valence-electron chi connectivity index (χ3n) is 2.48. The Morgan fingerprint density at radius 2 is 1.94 bits per heavy atom. The average molecular weight is 230 g/mol. The third kappa shape index (κ3) is 1.82. The number of fused-ring (bicyclic) bond motifs is 1. The third-order valence-corrected chi connectivity index (χ3v) is 2.48. The molecule has 3 N–H and O–H groups in total. The standard InChI is InChI=1S/C10H9F3N2O/c11-10(12,13)6-4-8-5(3-7(6)14)1-2-9(16)15-8/h3-4H,1-2,14H2,(H,15,16). The zero-order valence-corrected chi connectivity index (χ0v) is 8.19. The van der Waals surface area contributed by atoms with Crippen LogP contribution in [0.5, 0.6) is 0 Å². The average Bonchev–Trinajstić information content (AvgIpc) is 2.16. The lowest BCUT2D eigenvalue weighted by Crippen LogP contribution is -2.20. The smallest absolute Gasteiger partial charge is 0.398 e. The number of halogens is 3. The highest BCUT2D eigenvalue weighted by Crippen LogP contribution is 2.37. The van der Waals surface area contributed by atoms with Crippen molar-refractivity contribution in [3.8, 4) is 0 Å². The number of nitrogen functional groups attached to an aromatic ring is 1. The molecule has 0 spiro atoms. The van der Waals surface area contributed by atoms with Gasteiger partial charge in [0, 0.05) is 17.8 Å². The van der Waals surface area contributed by atoms with Gasteiger partial charge in [-0.25, -0.2) is 0 Å². The Morgan fingerprint density at radius 1 is 1.25 bits per heavy atom. The molecule has 0 saturated heterocycles. The molecule has 1 amide bonds. The first-order valence-corrected chi connectivity index (χ1v) is 4.67. The minimum atomic E-state index is -4.50. The van der Waals surface area contributed by atoms with E-state index in [1.807, 2.05) is 0 Å². The number of hydrogen-bond acceptors (Lipinski definition) is 2. The molecule has 2 rings (SSSR count). The van der Waals surface area contributed by atoms with Gasteiger partial charge in [0.15, 0.2) is 0 Å². The first kappa shape index (κ1) is 10.8. The topological polar surface area (TPSA) is 55.1 Å². The molecule has 0 fully saturated rings. The summed E-state index contributed by atoms with van der Waals surface area (Å²) >= 11 is 0. The summed E-state index contributed by atoms with van der Waals surface area (Å²) < 4.78 is 37.6. The van der Waals surface area contributed by atoms with E-state index >= 15 is 0 Å². The van der Waals surface area contributed by atoms with Crippen LogP contribution in [0, 0.1) is 0 Å². The van der Waals surface area contributed by atoms with Gasteiger partial charge in [-0.1, -0.05) is 0 Å². The lowest BCUT2D eigenvalue weighted by atomic mass is 9.99. The molecule has 1 heterocycles. The highest BCUT2D eigenvalue weighted by atomic mass is 19.4. The zero-order chi connectivity index (χ0) is 11.9. The number of nitrogens with two attached hydrogens (primary N) is 1. The Hall–Kier alpha value is -1.72. The van der Waals surface area contributed by atoms with Crippen LogP contribution >= 0.6 is 0 Å². The minimum absolute atomic E-state index is 0.206. The fraction of sp³-hybridized carbons (Fsp3) is 0.300. The molecule has 3 nitrogen and oxygen atoms in total. The number of amides is 1. The summed E-state index contributed by atoms with van der Waals surface area (Å²) in [6.45, 7) is 0. The minimum Gasteiger partial charge on any atom is -0.398 e. The molecule has 0 aromatic heterocycles. The fourth-order valence-electron chi connectivity index (χ4n) is 1.69. The Kier molecular flexibility index (Phi) is 2.29. The number of aryl methyl sites for hydroxylation is 1. The number of nitrogens with one attached hydrogen (secondary N) is 1. The Balaban J connectivity index is 2.51. The quantitative estimate of drug-likeness (QED) is 0.671. The molecule has 1 aromatic carbocycles. The predicted octanol–water partition coefficient (Wildman–Crippen LogP) is 2.17. The van der Waals surface area contributed by atoms with Crippen molar-refractivity contribution in [2.75, 3.05) is 11.1 Å². The van der Waals surface area contributed by atoms with Crippen molar-refractivity contribution in [3.05, 3.63) is 23.3 Å². The van der Waals surface area contributed by atoms with Gasteiger partial charge < -0.3 is 11.1 Å². The molecule has 6 heteroatoms. The molecule has 1 aliphatic rings. The van der Waals surface area contributed by atoms with Crippen LogP contribution in [0.2, 0.25) is 0 Å². The molecule has 86 valence electrons. The highest BCUT2D eigenvalue weighted by Gasteiger charge is 2.34. The summed E-state index contributed by atoms with van der Waals surface area (Å²) in [6, 6.07) is 2.17. The lowest BCUT2D eigenvalue weighted by Gasteiger charge is -2.20. The van der Waals surface area contributed by atoms with Crippen LogP contribution in [0.25, 0.3) is 0 Å². The van der Waals surface area contributed by atoms with Gasteiger partial charge in [0.25, 0.3) is 0 Å². The number of hydrogen-bond donors (Lipinski definition) is 2. The van der Waals surface area contributed by atoms with Gasteiger partial charge in [0.1, 0.15) is 0 Å². The largest absolute Gasteiger partial charge is 0.418 e. The van der Waals surface area contributed by atoms with Crippen molar-refractivity contribution in [3.63, 3.8) is 0 Å². The van der Waals surface area contributed by atoms with E-state index in [-0.39, 0.29) is 23.7 Å². The first-order chi connectivity index (χ1) is 7.38. The second-order valence-electron chi connectivity index (χ2n) is 3.64. The van der Waals surface area contributed by atoms with Crippen LogP contribution in [0.4, 0.5) is 24.5 Å². The van der Waals surface area contributed by atoms with E-state index in [9.17, 15) is 18.0 Å². The molecule has 16 heavy (non-hydrogen) atoms. The van der Waals surface area contributed by atoms with E-state index in [2.05, 4.69) is 5.32 Å². The molecule has 0 saturated carbocycles. The monoisotopic (exact) mass is 230 g/mol. The van der Waals surface area contributed by atoms with Crippen molar-refractivity contribution < 1.29 is 18.0 Å². The number of anilines is 2. The van der Waals surface area contributed by atoms with Crippen LogP contribution in [0.15, 0.2) is 12.1 Å². The number of rotatable bonds is 0. The maximum absolute atomic E-state index is 12.5. The van der Waals surface area contributed by atoms with E-state index in [1.165, 1.54) is 6.07 Å². The zero-order valence-electron chi connectivity index (χ0n) is 8.19.